The van der Waals surface area contributed by atoms with Crippen LogP contribution >= 0.6 is 0 Å². The Morgan fingerprint density at radius 2 is 1.67 bits per heavy atom. The second-order valence-electron chi connectivity index (χ2n) is 3.79. The third kappa shape index (κ3) is 1.78. The minimum atomic E-state index is 0.196. The smallest absolute Gasteiger partial charge is 0.219 e. The van der Waals surface area contributed by atoms with Crippen LogP contribution in [0.3, 0.4) is 0 Å². The monoisotopic (exact) mass is 170 g/mol. The Morgan fingerprint density at radius 1 is 1.25 bits per heavy atom. The van der Waals surface area contributed by atoms with E-state index in [1.165, 1.54) is 0 Å². The minimum Gasteiger partial charge on any atom is -0.340 e. The van der Waals surface area contributed by atoms with E-state index in [-0.39, 0.29) is 5.91 Å². The Bertz CT molecular complexity index is 169. The predicted molar refractivity (Wildman–Crippen MR) is 48.9 cm³/mol. The zero-order valence-electron chi connectivity index (χ0n) is 8.37. The van der Waals surface area contributed by atoms with E-state index in [0.29, 0.717) is 12.1 Å². The number of carbonyl (C=O) groups is 1. The Hall–Kier alpha value is -0.570. The fourth-order valence-electron chi connectivity index (χ4n) is 1.66. The summed E-state index contributed by atoms with van der Waals surface area (Å²) in [5.41, 5.74) is 0. The number of rotatable bonds is 0. The van der Waals surface area contributed by atoms with Crippen molar-refractivity contribution in [2.24, 2.45) is 0 Å². The van der Waals surface area contributed by atoms with E-state index >= 15 is 0 Å². The molecule has 0 saturated carbocycles. The first-order valence-electron chi connectivity index (χ1n) is 4.49. The van der Waals surface area contributed by atoms with Gasteiger partial charge in [-0.1, -0.05) is 0 Å². The van der Waals surface area contributed by atoms with Gasteiger partial charge in [-0.15, -0.1) is 0 Å². The summed E-state index contributed by atoms with van der Waals surface area (Å²) < 4.78 is 0. The first kappa shape index (κ1) is 9.52. The van der Waals surface area contributed by atoms with Crippen LogP contribution in [0, 0.1) is 0 Å². The molecule has 0 N–H and O–H groups in total. The van der Waals surface area contributed by atoms with Gasteiger partial charge in [-0.05, 0) is 20.9 Å². The SMILES string of the molecule is CC(=O)N1CC(C)N(C)C(C)C1. The van der Waals surface area contributed by atoms with E-state index in [2.05, 4.69) is 25.8 Å². The lowest BCUT2D eigenvalue weighted by Gasteiger charge is -2.42. The molecule has 0 spiro atoms. The zero-order chi connectivity index (χ0) is 9.30. The van der Waals surface area contributed by atoms with E-state index in [9.17, 15) is 4.79 Å². The van der Waals surface area contributed by atoms with Crippen molar-refractivity contribution in [3.63, 3.8) is 0 Å². The lowest BCUT2D eigenvalue weighted by atomic mass is 10.1. The van der Waals surface area contributed by atoms with Gasteiger partial charge in [0.1, 0.15) is 0 Å². The number of piperazine rings is 1. The predicted octanol–water partition coefficient (Wildman–Crippen LogP) is 0.557. The van der Waals surface area contributed by atoms with Crippen molar-refractivity contribution in [1.29, 1.82) is 0 Å². The van der Waals surface area contributed by atoms with Crippen LogP contribution < -0.4 is 0 Å². The molecule has 0 aromatic carbocycles. The third-order valence-corrected chi connectivity index (χ3v) is 2.81. The number of nitrogens with zero attached hydrogens (tertiary/aromatic N) is 2. The van der Waals surface area contributed by atoms with E-state index in [4.69, 9.17) is 0 Å². The van der Waals surface area contributed by atoms with Crippen LogP contribution in [0.1, 0.15) is 20.8 Å². The van der Waals surface area contributed by atoms with Crippen LogP contribution in [0.2, 0.25) is 0 Å². The molecule has 0 aromatic rings. The van der Waals surface area contributed by atoms with Gasteiger partial charge in [-0.3, -0.25) is 9.69 Å². The summed E-state index contributed by atoms with van der Waals surface area (Å²) in [5.74, 6) is 0.196. The molecule has 0 aromatic heterocycles. The second kappa shape index (κ2) is 3.44. The van der Waals surface area contributed by atoms with Gasteiger partial charge in [0.25, 0.3) is 0 Å². The summed E-state index contributed by atoms with van der Waals surface area (Å²) in [6.07, 6.45) is 0. The number of amides is 1. The molecule has 3 heteroatoms. The summed E-state index contributed by atoms with van der Waals surface area (Å²) in [7, 11) is 2.12. The summed E-state index contributed by atoms with van der Waals surface area (Å²) in [6.45, 7) is 7.70. The second-order valence-corrected chi connectivity index (χ2v) is 3.79. The van der Waals surface area contributed by atoms with Gasteiger partial charge in [0.2, 0.25) is 5.91 Å². The summed E-state index contributed by atoms with van der Waals surface area (Å²) in [4.78, 5) is 15.3. The van der Waals surface area contributed by atoms with Gasteiger partial charge < -0.3 is 4.90 Å². The molecule has 0 aliphatic carbocycles. The Balaban J connectivity index is 2.59. The Morgan fingerprint density at radius 3 is 2.00 bits per heavy atom. The highest BCUT2D eigenvalue weighted by Gasteiger charge is 2.27. The van der Waals surface area contributed by atoms with Crippen molar-refractivity contribution in [3.05, 3.63) is 0 Å². The standard InChI is InChI=1S/C9H18N2O/c1-7-5-11(9(3)12)6-8(2)10(7)4/h7-8H,5-6H2,1-4H3. The molecular formula is C9H18N2O. The highest BCUT2D eigenvalue weighted by atomic mass is 16.2. The number of hydrogen-bond acceptors (Lipinski definition) is 2. The molecule has 1 fully saturated rings. The van der Waals surface area contributed by atoms with Crippen LogP contribution in [-0.2, 0) is 4.79 Å². The first-order chi connectivity index (χ1) is 5.52. The van der Waals surface area contributed by atoms with Gasteiger partial charge >= 0.3 is 0 Å². The van der Waals surface area contributed by atoms with Crippen molar-refractivity contribution in [1.82, 2.24) is 9.80 Å². The lowest BCUT2D eigenvalue weighted by molar-refractivity contribution is -0.132. The fourth-order valence-corrected chi connectivity index (χ4v) is 1.66. The van der Waals surface area contributed by atoms with Crippen LogP contribution in [0.5, 0.6) is 0 Å². The quantitative estimate of drug-likeness (QED) is 0.530. The van der Waals surface area contributed by atoms with Gasteiger partial charge in [-0.2, -0.15) is 0 Å². The van der Waals surface area contributed by atoms with E-state index in [1.807, 2.05) is 4.90 Å². The zero-order valence-corrected chi connectivity index (χ0v) is 8.37. The minimum absolute atomic E-state index is 0.196. The molecule has 1 saturated heterocycles. The van der Waals surface area contributed by atoms with Crippen molar-refractivity contribution >= 4 is 5.91 Å². The average molecular weight is 170 g/mol. The summed E-state index contributed by atoms with van der Waals surface area (Å²) >= 11 is 0. The Kier molecular flexibility index (Phi) is 2.73. The lowest BCUT2D eigenvalue weighted by Crippen LogP contribution is -2.55. The van der Waals surface area contributed by atoms with Gasteiger partial charge in [0.05, 0.1) is 0 Å². The van der Waals surface area contributed by atoms with Gasteiger partial charge in [0, 0.05) is 32.1 Å². The first-order valence-corrected chi connectivity index (χ1v) is 4.49. The highest BCUT2D eigenvalue weighted by Crippen LogP contribution is 2.12. The maximum absolute atomic E-state index is 11.1. The molecule has 70 valence electrons. The molecule has 1 rings (SSSR count). The molecular weight excluding hydrogens is 152 g/mol. The molecule has 2 unspecified atom stereocenters. The van der Waals surface area contributed by atoms with Gasteiger partial charge in [0.15, 0.2) is 0 Å². The largest absolute Gasteiger partial charge is 0.340 e. The molecule has 1 aliphatic heterocycles. The van der Waals surface area contributed by atoms with Crippen LogP contribution in [0.25, 0.3) is 0 Å². The molecule has 0 radical (unpaired) electrons. The summed E-state index contributed by atoms with van der Waals surface area (Å²) in [5, 5.41) is 0. The maximum atomic E-state index is 11.1. The van der Waals surface area contributed by atoms with Crippen LogP contribution in [0.15, 0.2) is 0 Å². The number of likely N-dealkylation sites (N-methyl/N-ethyl adjacent to an activating group) is 1. The maximum Gasteiger partial charge on any atom is 0.219 e. The van der Waals surface area contributed by atoms with Crippen molar-refractivity contribution in [2.45, 2.75) is 32.9 Å². The average Bonchev–Trinajstić information content (AvgIpc) is 1.99. The highest BCUT2D eigenvalue weighted by molar-refractivity contribution is 5.73. The Labute approximate surface area is 74.3 Å². The fraction of sp³-hybridized carbons (Fsp3) is 0.889. The van der Waals surface area contributed by atoms with Crippen LogP contribution in [-0.4, -0.2) is 47.9 Å². The molecule has 1 aliphatic rings. The third-order valence-electron chi connectivity index (χ3n) is 2.81. The van der Waals surface area contributed by atoms with E-state index in [0.717, 1.165) is 13.1 Å². The summed E-state index contributed by atoms with van der Waals surface area (Å²) in [6, 6.07) is 0.968. The van der Waals surface area contributed by atoms with Crippen molar-refractivity contribution in [2.75, 3.05) is 20.1 Å². The van der Waals surface area contributed by atoms with Gasteiger partial charge in [-0.25, -0.2) is 0 Å². The molecule has 1 heterocycles. The molecule has 0 bridgehead atoms. The van der Waals surface area contributed by atoms with E-state index in [1.54, 1.807) is 6.92 Å². The molecule has 2 atom stereocenters. The van der Waals surface area contributed by atoms with Crippen molar-refractivity contribution < 1.29 is 4.79 Å². The van der Waals surface area contributed by atoms with E-state index < -0.39 is 0 Å². The molecule has 12 heavy (non-hydrogen) atoms. The number of hydrogen-bond donors (Lipinski definition) is 0. The molecule has 1 amide bonds. The number of carbonyl (C=O) groups excluding carboxylic acids is 1. The van der Waals surface area contributed by atoms with Crippen LogP contribution in [0.4, 0.5) is 0 Å². The topological polar surface area (TPSA) is 23.6 Å². The van der Waals surface area contributed by atoms with Crippen molar-refractivity contribution in [3.8, 4) is 0 Å². The molecule has 3 nitrogen and oxygen atoms in total. The normalized spacial score (nSPS) is 32.2.